The normalized spacial score (nSPS) is 10.2. The third-order valence-electron chi connectivity index (χ3n) is 2.19. The van der Waals surface area contributed by atoms with Crippen LogP contribution in [0.3, 0.4) is 0 Å². The zero-order chi connectivity index (χ0) is 12.3. The van der Waals surface area contributed by atoms with E-state index >= 15 is 0 Å². The van der Waals surface area contributed by atoms with Crippen molar-refractivity contribution in [2.45, 2.75) is 12.8 Å². The second-order valence-electron chi connectivity index (χ2n) is 3.54. The first-order chi connectivity index (χ1) is 8.33. The summed E-state index contributed by atoms with van der Waals surface area (Å²) in [6.07, 6.45) is 4.61. The minimum absolute atomic E-state index is 0.00871. The summed E-state index contributed by atoms with van der Waals surface area (Å²) >= 11 is 0. The Hall–Kier alpha value is -1.46. The van der Waals surface area contributed by atoms with E-state index in [1.807, 2.05) is 12.1 Å². The average Bonchev–Trinajstić information content (AvgIpc) is 2.37. The number of carbonyl (C=O) groups is 1. The Morgan fingerprint density at radius 3 is 2.82 bits per heavy atom. The van der Waals surface area contributed by atoms with Crippen LogP contribution in [0.15, 0.2) is 24.5 Å². The van der Waals surface area contributed by atoms with Crippen LogP contribution in [0.1, 0.15) is 12.0 Å². The number of pyridine rings is 1. The van der Waals surface area contributed by atoms with Crippen LogP contribution in [0.5, 0.6) is 0 Å². The fourth-order valence-corrected chi connectivity index (χ4v) is 1.32. The van der Waals surface area contributed by atoms with Crippen LogP contribution < -0.4 is 5.32 Å². The standard InChI is InChI=1S/C12H18N2O3/c15-8-10-17-9-7-14-12(16)2-1-11-3-5-13-6-4-11/h3-6,15H,1-2,7-10H2,(H,14,16). The zero-order valence-corrected chi connectivity index (χ0v) is 9.76. The molecular formula is C12H18N2O3. The molecular weight excluding hydrogens is 220 g/mol. The number of rotatable bonds is 8. The number of aryl methyl sites for hydroxylation is 1. The van der Waals surface area contributed by atoms with Crippen molar-refractivity contribution in [1.29, 1.82) is 0 Å². The molecule has 0 radical (unpaired) electrons. The van der Waals surface area contributed by atoms with Gasteiger partial charge in [-0.05, 0) is 24.1 Å². The number of nitrogens with one attached hydrogen (secondary N) is 1. The van der Waals surface area contributed by atoms with E-state index in [4.69, 9.17) is 9.84 Å². The van der Waals surface area contributed by atoms with Gasteiger partial charge >= 0.3 is 0 Å². The topological polar surface area (TPSA) is 71.5 Å². The zero-order valence-electron chi connectivity index (χ0n) is 9.76. The monoisotopic (exact) mass is 238 g/mol. The molecule has 0 unspecified atom stereocenters. The predicted molar refractivity (Wildman–Crippen MR) is 63.5 cm³/mol. The van der Waals surface area contributed by atoms with Gasteiger partial charge in [0.15, 0.2) is 0 Å². The molecule has 17 heavy (non-hydrogen) atoms. The van der Waals surface area contributed by atoms with E-state index in [-0.39, 0.29) is 12.5 Å². The summed E-state index contributed by atoms with van der Waals surface area (Å²) in [4.78, 5) is 15.3. The van der Waals surface area contributed by atoms with Gasteiger partial charge in [0.1, 0.15) is 0 Å². The second kappa shape index (κ2) is 8.66. The van der Waals surface area contributed by atoms with Gasteiger partial charge in [0.25, 0.3) is 0 Å². The van der Waals surface area contributed by atoms with Gasteiger partial charge in [0, 0.05) is 25.4 Å². The third kappa shape index (κ3) is 6.65. The van der Waals surface area contributed by atoms with Crippen LogP contribution in [-0.4, -0.2) is 42.4 Å². The van der Waals surface area contributed by atoms with Gasteiger partial charge in [0.05, 0.1) is 19.8 Å². The Morgan fingerprint density at radius 2 is 2.12 bits per heavy atom. The highest BCUT2D eigenvalue weighted by atomic mass is 16.5. The Bertz CT molecular complexity index is 317. The molecule has 1 amide bonds. The van der Waals surface area contributed by atoms with E-state index in [1.165, 1.54) is 0 Å². The lowest BCUT2D eigenvalue weighted by Gasteiger charge is -2.05. The number of amides is 1. The molecule has 0 atom stereocenters. The van der Waals surface area contributed by atoms with Crippen molar-refractivity contribution in [3.05, 3.63) is 30.1 Å². The first-order valence-corrected chi connectivity index (χ1v) is 5.67. The summed E-state index contributed by atoms with van der Waals surface area (Å²) in [6.45, 7) is 1.24. The quantitative estimate of drug-likeness (QED) is 0.632. The number of ether oxygens (including phenoxy) is 1. The van der Waals surface area contributed by atoms with E-state index in [0.29, 0.717) is 32.6 Å². The van der Waals surface area contributed by atoms with Gasteiger partial charge in [-0.2, -0.15) is 0 Å². The number of nitrogens with zero attached hydrogens (tertiary/aromatic N) is 1. The lowest BCUT2D eigenvalue weighted by molar-refractivity contribution is -0.121. The van der Waals surface area contributed by atoms with Gasteiger partial charge in [-0.15, -0.1) is 0 Å². The smallest absolute Gasteiger partial charge is 0.220 e. The molecule has 1 heterocycles. The molecule has 0 aliphatic rings. The van der Waals surface area contributed by atoms with Crippen molar-refractivity contribution >= 4 is 5.91 Å². The van der Waals surface area contributed by atoms with Crippen LogP contribution in [-0.2, 0) is 16.0 Å². The van der Waals surface area contributed by atoms with Crippen LogP contribution in [0.2, 0.25) is 0 Å². The van der Waals surface area contributed by atoms with Crippen molar-refractivity contribution in [2.75, 3.05) is 26.4 Å². The maximum atomic E-state index is 11.4. The molecule has 0 aromatic carbocycles. The summed E-state index contributed by atoms with van der Waals surface area (Å²) < 4.78 is 5.02. The van der Waals surface area contributed by atoms with Crippen LogP contribution in [0, 0.1) is 0 Å². The number of aromatic nitrogens is 1. The first kappa shape index (κ1) is 13.6. The lowest BCUT2D eigenvalue weighted by Crippen LogP contribution is -2.27. The molecule has 0 saturated heterocycles. The molecule has 0 bridgehead atoms. The Labute approximate surface area is 101 Å². The first-order valence-electron chi connectivity index (χ1n) is 5.67. The minimum Gasteiger partial charge on any atom is -0.394 e. The predicted octanol–water partition coefficient (Wildman–Crippen LogP) is 0.139. The number of hydrogen-bond donors (Lipinski definition) is 2. The number of aliphatic hydroxyl groups excluding tert-OH is 1. The summed E-state index contributed by atoms with van der Waals surface area (Å²) in [5, 5.41) is 11.2. The molecule has 0 spiro atoms. The lowest BCUT2D eigenvalue weighted by atomic mass is 10.1. The van der Waals surface area contributed by atoms with Crippen LogP contribution in [0.25, 0.3) is 0 Å². The Balaban J connectivity index is 2.05. The van der Waals surface area contributed by atoms with Gasteiger partial charge in [-0.25, -0.2) is 0 Å². The number of aliphatic hydroxyl groups is 1. The van der Waals surface area contributed by atoms with Crippen molar-refractivity contribution in [3.63, 3.8) is 0 Å². The maximum absolute atomic E-state index is 11.4. The van der Waals surface area contributed by atoms with Crippen LogP contribution in [0.4, 0.5) is 0 Å². The van der Waals surface area contributed by atoms with E-state index in [2.05, 4.69) is 10.3 Å². The van der Waals surface area contributed by atoms with Gasteiger partial charge < -0.3 is 15.2 Å². The summed E-state index contributed by atoms with van der Waals surface area (Å²) in [7, 11) is 0. The van der Waals surface area contributed by atoms with E-state index in [0.717, 1.165) is 5.56 Å². The molecule has 1 rings (SSSR count). The highest BCUT2D eigenvalue weighted by Gasteiger charge is 2.01. The molecule has 1 aromatic heterocycles. The molecule has 1 aromatic rings. The molecule has 0 fully saturated rings. The van der Waals surface area contributed by atoms with Gasteiger partial charge in [-0.1, -0.05) is 0 Å². The molecule has 5 heteroatoms. The van der Waals surface area contributed by atoms with Gasteiger partial charge in [0.2, 0.25) is 5.91 Å². The number of hydrogen-bond acceptors (Lipinski definition) is 4. The summed E-state index contributed by atoms with van der Waals surface area (Å²) in [5.41, 5.74) is 1.10. The van der Waals surface area contributed by atoms with E-state index in [1.54, 1.807) is 12.4 Å². The average molecular weight is 238 g/mol. The highest BCUT2D eigenvalue weighted by molar-refractivity contribution is 5.76. The minimum atomic E-state index is 0.00871. The largest absolute Gasteiger partial charge is 0.394 e. The SMILES string of the molecule is O=C(CCc1ccncc1)NCCOCCO. The maximum Gasteiger partial charge on any atom is 0.220 e. The Kier molecular flexibility index (Phi) is 6.93. The molecule has 0 aliphatic carbocycles. The van der Waals surface area contributed by atoms with Crippen molar-refractivity contribution in [2.24, 2.45) is 0 Å². The van der Waals surface area contributed by atoms with E-state index in [9.17, 15) is 4.79 Å². The third-order valence-corrected chi connectivity index (χ3v) is 2.19. The molecule has 2 N–H and O–H groups in total. The summed E-state index contributed by atoms with van der Waals surface area (Å²) in [6, 6.07) is 3.80. The highest BCUT2D eigenvalue weighted by Crippen LogP contribution is 2.00. The summed E-state index contributed by atoms with van der Waals surface area (Å²) in [5.74, 6) is 0.00871. The molecule has 0 aliphatic heterocycles. The second-order valence-corrected chi connectivity index (χ2v) is 3.54. The molecule has 0 saturated carbocycles. The van der Waals surface area contributed by atoms with Crippen molar-refractivity contribution in [1.82, 2.24) is 10.3 Å². The van der Waals surface area contributed by atoms with Gasteiger partial charge in [-0.3, -0.25) is 9.78 Å². The fourth-order valence-electron chi connectivity index (χ4n) is 1.32. The van der Waals surface area contributed by atoms with Crippen molar-refractivity contribution < 1.29 is 14.6 Å². The van der Waals surface area contributed by atoms with Crippen molar-refractivity contribution in [3.8, 4) is 0 Å². The van der Waals surface area contributed by atoms with Crippen LogP contribution >= 0.6 is 0 Å². The molecule has 5 nitrogen and oxygen atoms in total. The van der Waals surface area contributed by atoms with E-state index < -0.39 is 0 Å². The number of carbonyl (C=O) groups excluding carboxylic acids is 1. The molecule has 94 valence electrons. The fraction of sp³-hybridized carbons (Fsp3) is 0.500. The Morgan fingerprint density at radius 1 is 1.35 bits per heavy atom.